The van der Waals surface area contributed by atoms with Crippen LogP contribution in [0.3, 0.4) is 0 Å². The minimum Gasteiger partial charge on any atom is -0.369 e. The molecule has 0 saturated carbocycles. The molecule has 0 heterocycles. The summed E-state index contributed by atoms with van der Waals surface area (Å²) in [4.78, 5) is 11.8. The molecular formula is C12H25NO2. The Bertz CT molecular complexity index is 194. The zero-order valence-electron chi connectivity index (χ0n) is 10.9. The van der Waals surface area contributed by atoms with Gasteiger partial charge < -0.3 is 10.1 Å². The lowest BCUT2D eigenvalue weighted by atomic mass is 9.89. The van der Waals surface area contributed by atoms with Crippen LogP contribution in [0.15, 0.2) is 0 Å². The lowest BCUT2D eigenvalue weighted by molar-refractivity contribution is -0.135. The van der Waals surface area contributed by atoms with Gasteiger partial charge in [-0.3, -0.25) is 4.79 Å². The molecule has 0 fully saturated rings. The molecule has 0 bridgehead atoms. The fourth-order valence-corrected chi connectivity index (χ4v) is 1.36. The molecule has 1 atom stereocenters. The van der Waals surface area contributed by atoms with Crippen LogP contribution in [0, 0.1) is 5.41 Å². The predicted octanol–water partition coefficient (Wildman–Crippen LogP) is 2.35. The van der Waals surface area contributed by atoms with Gasteiger partial charge in [0.2, 0.25) is 5.91 Å². The summed E-state index contributed by atoms with van der Waals surface area (Å²) in [5.74, 6) is 0.00164. The second-order valence-corrected chi connectivity index (χ2v) is 5.37. The SMILES string of the molecule is CCOC(CC(C)(C)C)C(=O)NC(C)C. The first kappa shape index (κ1) is 14.4. The minimum absolute atomic E-state index is 0.00164. The van der Waals surface area contributed by atoms with E-state index in [9.17, 15) is 4.79 Å². The molecular weight excluding hydrogens is 190 g/mol. The average Bonchev–Trinajstić information content (AvgIpc) is 1.99. The zero-order chi connectivity index (χ0) is 12.1. The van der Waals surface area contributed by atoms with Crippen molar-refractivity contribution in [2.75, 3.05) is 6.61 Å². The molecule has 0 aliphatic rings. The Hall–Kier alpha value is -0.570. The van der Waals surface area contributed by atoms with Gasteiger partial charge in [0, 0.05) is 12.6 Å². The summed E-state index contributed by atoms with van der Waals surface area (Å²) in [6.45, 7) is 12.7. The summed E-state index contributed by atoms with van der Waals surface area (Å²) in [6, 6.07) is 0.167. The Morgan fingerprint density at radius 1 is 1.33 bits per heavy atom. The van der Waals surface area contributed by atoms with E-state index in [-0.39, 0.29) is 23.5 Å². The maximum atomic E-state index is 11.8. The van der Waals surface area contributed by atoms with Crippen LogP contribution in [0.4, 0.5) is 0 Å². The van der Waals surface area contributed by atoms with Gasteiger partial charge in [0.1, 0.15) is 6.10 Å². The lowest BCUT2D eigenvalue weighted by Gasteiger charge is -2.25. The largest absolute Gasteiger partial charge is 0.369 e. The van der Waals surface area contributed by atoms with Crippen LogP contribution < -0.4 is 5.32 Å². The van der Waals surface area contributed by atoms with E-state index in [1.54, 1.807) is 0 Å². The highest BCUT2D eigenvalue weighted by molar-refractivity contribution is 5.81. The van der Waals surface area contributed by atoms with Crippen molar-refractivity contribution in [3.8, 4) is 0 Å². The van der Waals surface area contributed by atoms with Crippen LogP contribution >= 0.6 is 0 Å². The molecule has 90 valence electrons. The Morgan fingerprint density at radius 3 is 2.20 bits per heavy atom. The van der Waals surface area contributed by atoms with Gasteiger partial charge >= 0.3 is 0 Å². The summed E-state index contributed by atoms with van der Waals surface area (Å²) in [7, 11) is 0. The second kappa shape index (κ2) is 6.11. The van der Waals surface area contributed by atoms with Gasteiger partial charge in [-0.1, -0.05) is 20.8 Å². The number of ether oxygens (including phenoxy) is 1. The summed E-state index contributed by atoms with van der Waals surface area (Å²) < 4.78 is 5.47. The van der Waals surface area contributed by atoms with Crippen LogP contribution in [0.1, 0.15) is 48.0 Å². The number of amides is 1. The molecule has 0 aromatic heterocycles. The molecule has 0 aliphatic carbocycles. The maximum absolute atomic E-state index is 11.8. The standard InChI is InChI=1S/C12H25NO2/c1-7-15-10(8-12(4,5)6)11(14)13-9(2)3/h9-10H,7-8H2,1-6H3,(H,13,14). The first-order valence-electron chi connectivity index (χ1n) is 5.68. The third kappa shape index (κ3) is 7.37. The minimum atomic E-state index is -0.322. The predicted molar refractivity (Wildman–Crippen MR) is 62.8 cm³/mol. The summed E-state index contributed by atoms with van der Waals surface area (Å²) >= 11 is 0. The van der Waals surface area contributed by atoms with Crippen LogP contribution in [0.25, 0.3) is 0 Å². The van der Waals surface area contributed by atoms with Crippen molar-refractivity contribution in [3.63, 3.8) is 0 Å². The fraction of sp³-hybridized carbons (Fsp3) is 0.917. The van der Waals surface area contributed by atoms with E-state index in [2.05, 4.69) is 26.1 Å². The lowest BCUT2D eigenvalue weighted by Crippen LogP contribution is -2.41. The number of rotatable bonds is 5. The second-order valence-electron chi connectivity index (χ2n) is 5.37. The van der Waals surface area contributed by atoms with Gasteiger partial charge in [-0.25, -0.2) is 0 Å². The molecule has 1 N–H and O–H groups in total. The monoisotopic (exact) mass is 215 g/mol. The van der Waals surface area contributed by atoms with E-state index in [4.69, 9.17) is 4.74 Å². The molecule has 3 nitrogen and oxygen atoms in total. The fourth-order valence-electron chi connectivity index (χ4n) is 1.36. The molecule has 0 aromatic rings. The number of carbonyl (C=O) groups is 1. The quantitative estimate of drug-likeness (QED) is 0.764. The molecule has 3 heteroatoms. The number of hydrogen-bond acceptors (Lipinski definition) is 2. The maximum Gasteiger partial charge on any atom is 0.249 e. The van der Waals surface area contributed by atoms with Crippen molar-refractivity contribution in [2.45, 2.75) is 60.1 Å². The highest BCUT2D eigenvalue weighted by Gasteiger charge is 2.25. The smallest absolute Gasteiger partial charge is 0.249 e. The topological polar surface area (TPSA) is 38.3 Å². The highest BCUT2D eigenvalue weighted by atomic mass is 16.5. The molecule has 0 spiro atoms. The zero-order valence-corrected chi connectivity index (χ0v) is 10.9. The van der Waals surface area contributed by atoms with Crippen LogP contribution in [-0.4, -0.2) is 24.7 Å². The van der Waals surface area contributed by atoms with E-state index >= 15 is 0 Å². The van der Waals surface area contributed by atoms with Crippen molar-refractivity contribution >= 4 is 5.91 Å². The van der Waals surface area contributed by atoms with Crippen molar-refractivity contribution in [1.29, 1.82) is 0 Å². The van der Waals surface area contributed by atoms with Gasteiger partial charge in [-0.2, -0.15) is 0 Å². The van der Waals surface area contributed by atoms with Crippen molar-refractivity contribution < 1.29 is 9.53 Å². The molecule has 0 saturated heterocycles. The molecule has 0 aromatic carbocycles. The van der Waals surface area contributed by atoms with Crippen molar-refractivity contribution in [1.82, 2.24) is 5.32 Å². The number of nitrogens with one attached hydrogen (secondary N) is 1. The van der Waals surface area contributed by atoms with Crippen molar-refractivity contribution in [2.24, 2.45) is 5.41 Å². The number of carbonyl (C=O) groups excluding carboxylic acids is 1. The third-order valence-corrected chi connectivity index (χ3v) is 1.89. The van der Waals surface area contributed by atoms with Gasteiger partial charge in [-0.15, -0.1) is 0 Å². The molecule has 1 unspecified atom stereocenters. The first-order chi connectivity index (χ1) is 6.76. The molecule has 1 amide bonds. The Morgan fingerprint density at radius 2 is 1.87 bits per heavy atom. The summed E-state index contributed by atoms with van der Waals surface area (Å²) in [6.07, 6.45) is 0.428. The van der Waals surface area contributed by atoms with Crippen LogP contribution in [-0.2, 0) is 9.53 Å². The van der Waals surface area contributed by atoms with Gasteiger partial charge in [0.25, 0.3) is 0 Å². The van der Waals surface area contributed by atoms with Gasteiger partial charge in [-0.05, 0) is 32.6 Å². The van der Waals surface area contributed by atoms with Gasteiger partial charge in [0.15, 0.2) is 0 Å². The van der Waals surface area contributed by atoms with Gasteiger partial charge in [0.05, 0.1) is 0 Å². The molecule has 0 rings (SSSR count). The van der Waals surface area contributed by atoms with E-state index in [0.717, 1.165) is 6.42 Å². The van der Waals surface area contributed by atoms with Crippen LogP contribution in [0.2, 0.25) is 0 Å². The van der Waals surface area contributed by atoms with E-state index in [0.29, 0.717) is 6.61 Å². The normalized spacial score (nSPS) is 14.1. The first-order valence-corrected chi connectivity index (χ1v) is 5.68. The number of hydrogen-bond donors (Lipinski definition) is 1. The molecule has 0 aliphatic heterocycles. The van der Waals surface area contributed by atoms with Crippen molar-refractivity contribution in [3.05, 3.63) is 0 Å². The molecule has 15 heavy (non-hydrogen) atoms. The Balaban J connectivity index is 4.31. The summed E-state index contributed by atoms with van der Waals surface area (Å²) in [5.41, 5.74) is 0.105. The van der Waals surface area contributed by atoms with E-state index < -0.39 is 0 Å². The Labute approximate surface area is 93.6 Å². The third-order valence-electron chi connectivity index (χ3n) is 1.89. The average molecular weight is 215 g/mol. The van der Waals surface area contributed by atoms with E-state index in [1.807, 2.05) is 20.8 Å². The molecule has 0 radical (unpaired) electrons. The Kier molecular flexibility index (Phi) is 5.88. The highest BCUT2D eigenvalue weighted by Crippen LogP contribution is 2.22. The van der Waals surface area contributed by atoms with E-state index in [1.165, 1.54) is 0 Å². The summed E-state index contributed by atoms with van der Waals surface area (Å²) in [5, 5.41) is 2.89. The van der Waals surface area contributed by atoms with Crippen LogP contribution in [0.5, 0.6) is 0 Å².